The molecular formula is C15H17ClN4O3S. The fourth-order valence-electron chi connectivity index (χ4n) is 2.12. The zero-order chi connectivity index (χ0) is 17.9. The first-order chi connectivity index (χ1) is 11.3. The third kappa shape index (κ3) is 4.07. The van der Waals surface area contributed by atoms with Crippen molar-refractivity contribution < 1.29 is 9.59 Å². The van der Waals surface area contributed by atoms with Gasteiger partial charge in [-0.15, -0.1) is 0 Å². The molecule has 0 aliphatic heterocycles. The van der Waals surface area contributed by atoms with Gasteiger partial charge in [-0.2, -0.15) is 0 Å². The lowest BCUT2D eigenvalue weighted by atomic mass is 10.2. The first-order valence-corrected chi connectivity index (χ1v) is 8.56. The number of imide groups is 1. The molecule has 1 heterocycles. The minimum absolute atomic E-state index is 0.191. The van der Waals surface area contributed by atoms with E-state index in [1.54, 1.807) is 25.1 Å². The number of benzene rings is 1. The standard InChI is InChI=1S/C15H17ClN4O3S/c1-3-6-20-13(22)10-5-4-9(16)7-11(10)18-15(20)24-8(2)12(21)19-14(17)23/h4-5,7-8H,3,6H2,1-2H3,(H3,17,19,21,23)/t8-/m1/s1. The van der Waals surface area contributed by atoms with E-state index in [2.05, 4.69) is 4.98 Å². The molecule has 0 bridgehead atoms. The number of fused-ring (bicyclic) bond motifs is 1. The van der Waals surface area contributed by atoms with Crippen molar-refractivity contribution in [2.45, 2.75) is 37.2 Å². The number of halogens is 1. The van der Waals surface area contributed by atoms with Gasteiger partial charge in [-0.3, -0.25) is 19.5 Å². The molecule has 9 heteroatoms. The Hall–Kier alpha value is -2.06. The fraction of sp³-hybridized carbons (Fsp3) is 0.333. The third-order valence-corrected chi connectivity index (χ3v) is 4.55. The first-order valence-electron chi connectivity index (χ1n) is 7.30. The number of aromatic nitrogens is 2. The fourth-order valence-corrected chi connectivity index (χ4v) is 3.22. The molecule has 2 rings (SSSR count). The van der Waals surface area contributed by atoms with Crippen molar-refractivity contribution in [1.82, 2.24) is 14.9 Å². The normalized spacial score (nSPS) is 12.1. The molecule has 1 atom stereocenters. The van der Waals surface area contributed by atoms with E-state index in [0.29, 0.717) is 27.6 Å². The van der Waals surface area contributed by atoms with Crippen LogP contribution in [0.2, 0.25) is 5.02 Å². The van der Waals surface area contributed by atoms with E-state index in [9.17, 15) is 14.4 Å². The zero-order valence-electron chi connectivity index (χ0n) is 13.2. The van der Waals surface area contributed by atoms with Gasteiger partial charge in [0, 0.05) is 11.6 Å². The highest BCUT2D eigenvalue weighted by Gasteiger charge is 2.20. The van der Waals surface area contributed by atoms with Gasteiger partial charge in [-0.05, 0) is 31.5 Å². The molecule has 0 fully saturated rings. The van der Waals surface area contributed by atoms with Crippen molar-refractivity contribution in [3.63, 3.8) is 0 Å². The van der Waals surface area contributed by atoms with Gasteiger partial charge in [0.15, 0.2) is 5.16 Å². The molecule has 0 aliphatic carbocycles. The highest BCUT2D eigenvalue weighted by atomic mass is 35.5. The number of nitrogens with zero attached hydrogens (tertiary/aromatic N) is 2. The van der Waals surface area contributed by atoms with Crippen molar-refractivity contribution in [3.8, 4) is 0 Å². The van der Waals surface area contributed by atoms with E-state index in [-0.39, 0.29) is 5.56 Å². The Kier molecular flexibility index (Phi) is 5.84. The topological polar surface area (TPSA) is 107 Å². The monoisotopic (exact) mass is 368 g/mol. The first kappa shape index (κ1) is 18.3. The Morgan fingerprint density at radius 2 is 2.17 bits per heavy atom. The van der Waals surface area contributed by atoms with E-state index < -0.39 is 17.2 Å². The smallest absolute Gasteiger partial charge is 0.318 e. The van der Waals surface area contributed by atoms with E-state index in [0.717, 1.165) is 18.2 Å². The predicted octanol–water partition coefficient (Wildman–Crippen LogP) is 2.14. The number of amides is 3. The summed E-state index contributed by atoms with van der Waals surface area (Å²) in [6, 6.07) is 3.96. The van der Waals surface area contributed by atoms with Crippen molar-refractivity contribution in [2.75, 3.05) is 0 Å². The molecule has 128 valence electrons. The molecular weight excluding hydrogens is 352 g/mol. The quantitative estimate of drug-likeness (QED) is 0.621. The number of hydrogen-bond donors (Lipinski definition) is 2. The molecule has 24 heavy (non-hydrogen) atoms. The summed E-state index contributed by atoms with van der Waals surface area (Å²) in [5.41, 5.74) is 5.22. The lowest BCUT2D eigenvalue weighted by Crippen LogP contribution is -2.39. The summed E-state index contributed by atoms with van der Waals surface area (Å²) in [4.78, 5) is 39.8. The number of primary amides is 1. The summed E-state index contributed by atoms with van der Waals surface area (Å²) in [5, 5.41) is 2.70. The zero-order valence-corrected chi connectivity index (χ0v) is 14.8. The van der Waals surface area contributed by atoms with Crippen LogP contribution >= 0.6 is 23.4 Å². The molecule has 0 radical (unpaired) electrons. The Balaban J connectivity index is 2.47. The Morgan fingerprint density at radius 3 is 2.79 bits per heavy atom. The van der Waals surface area contributed by atoms with Crippen LogP contribution in [0, 0.1) is 0 Å². The van der Waals surface area contributed by atoms with Crippen LogP contribution in [0.15, 0.2) is 28.2 Å². The van der Waals surface area contributed by atoms with Crippen LogP contribution in [0.1, 0.15) is 20.3 Å². The van der Waals surface area contributed by atoms with Gasteiger partial charge < -0.3 is 5.73 Å². The molecule has 0 saturated heterocycles. The average molecular weight is 369 g/mol. The Bertz CT molecular complexity index is 852. The number of rotatable bonds is 5. The van der Waals surface area contributed by atoms with Crippen LogP contribution < -0.4 is 16.6 Å². The maximum Gasteiger partial charge on any atom is 0.318 e. The van der Waals surface area contributed by atoms with E-state index >= 15 is 0 Å². The molecule has 1 aromatic heterocycles. The van der Waals surface area contributed by atoms with Gasteiger partial charge in [0.25, 0.3) is 5.56 Å². The van der Waals surface area contributed by atoms with E-state index in [1.807, 2.05) is 12.2 Å². The van der Waals surface area contributed by atoms with Gasteiger partial charge in [0.05, 0.1) is 16.2 Å². The van der Waals surface area contributed by atoms with Crippen molar-refractivity contribution in [2.24, 2.45) is 5.73 Å². The molecule has 0 saturated carbocycles. The van der Waals surface area contributed by atoms with Crippen molar-refractivity contribution >= 4 is 46.2 Å². The highest BCUT2D eigenvalue weighted by Crippen LogP contribution is 2.24. The minimum atomic E-state index is -0.920. The largest absolute Gasteiger partial charge is 0.351 e. The van der Waals surface area contributed by atoms with Crippen LogP contribution in [0.3, 0.4) is 0 Å². The number of urea groups is 1. The molecule has 0 aliphatic rings. The van der Waals surface area contributed by atoms with Crippen molar-refractivity contribution in [3.05, 3.63) is 33.6 Å². The average Bonchev–Trinajstić information content (AvgIpc) is 2.50. The highest BCUT2D eigenvalue weighted by molar-refractivity contribution is 8.00. The molecule has 3 amide bonds. The summed E-state index contributed by atoms with van der Waals surface area (Å²) >= 11 is 7.05. The Labute approximate surface area is 147 Å². The summed E-state index contributed by atoms with van der Waals surface area (Å²) in [6.07, 6.45) is 0.732. The third-order valence-electron chi connectivity index (χ3n) is 3.23. The summed E-state index contributed by atoms with van der Waals surface area (Å²) in [7, 11) is 0. The number of hydrogen-bond acceptors (Lipinski definition) is 5. The number of nitrogens with one attached hydrogen (secondary N) is 1. The lowest BCUT2D eigenvalue weighted by molar-refractivity contribution is -0.119. The number of nitrogens with two attached hydrogens (primary N) is 1. The summed E-state index contributed by atoms with van der Waals surface area (Å²) < 4.78 is 1.52. The molecule has 0 unspecified atom stereocenters. The molecule has 2 aromatic rings. The minimum Gasteiger partial charge on any atom is -0.351 e. The number of carbonyl (C=O) groups is 2. The van der Waals surface area contributed by atoms with E-state index in [4.69, 9.17) is 17.3 Å². The maximum absolute atomic E-state index is 12.7. The van der Waals surface area contributed by atoms with Gasteiger partial charge in [0.1, 0.15) is 0 Å². The summed E-state index contributed by atoms with van der Waals surface area (Å²) in [5.74, 6) is -0.545. The van der Waals surface area contributed by atoms with Crippen LogP contribution in [0.5, 0.6) is 0 Å². The number of carbonyl (C=O) groups excluding carboxylic acids is 2. The number of thioether (sulfide) groups is 1. The van der Waals surface area contributed by atoms with Crippen LogP contribution in [0.25, 0.3) is 10.9 Å². The summed E-state index contributed by atoms with van der Waals surface area (Å²) in [6.45, 7) is 4.01. The lowest BCUT2D eigenvalue weighted by Gasteiger charge is -2.15. The van der Waals surface area contributed by atoms with Gasteiger partial charge in [-0.25, -0.2) is 9.78 Å². The predicted molar refractivity (Wildman–Crippen MR) is 94.3 cm³/mol. The van der Waals surface area contributed by atoms with Crippen LogP contribution in [-0.4, -0.2) is 26.7 Å². The van der Waals surface area contributed by atoms with Crippen LogP contribution in [-0.2, 0) is 11.3 Å². The Morgan fingerprint density at radius 1 is 1.46 bits per heavy atom. The molecule has 1 aromatic carbocycles. The van der Waals surface area contributed by atoms with E-state index in [1.165, 1.54) is 4.57 Å². The van der Waals surface area contributed by atoms with Gasteiger partial charge in [-0.1, -0.05) is 30.3 Å². The second-order valence-corrected chi connectivity index (χ2v) is 6.87. The molecule has 0 spiro atoms. The second-order valence-electron chi connectivity index (χ2n) is 5.13. The van der Waals surface area contributed by atoms with Crippen LogP contribution in [0.4, 0.5) is 4.79 Å². The SMILES string of the molecule is CCCn1c(S[C@H](C)C(=O)NC(N)=O)nc2cc(Cl)ccc2c1=O. The maximum atomic E-state index is 12.7. The molecule has 3 N–H and O–H groups in total. The molecule has 7 nitrogen and oxygen atoms in total. The van der Waals surface area contributed by atoms with Gasteiger partial charge in [0.2, 0.25) is 5.91 Å². The second kappa shape index (κ2) is 7.67. The van der Waals surface area contributed by atoms with Gasteiger partial charge >= 0.3 is 6.03 Å². The van der Waals surface area contributed by atoms with Crippen molar-refractivity contribution in [1.29, 1.82) is 0 Å².